The van der Waals surface area contributed by atoms with E-state index in [1.807, 2.05) is 0 Å². The Kier molecular flexibility index (Phi) is 5.38. The summed E-state index contributed by atoms with van der Waals surface area (Å²) >= 11 is 0. The molecule has 5 N–H and O–H groups in total. The van der Waals surface area contributed by atoms with Crippen molar-refractivity contribution in [3.05, 3.63) is 36.2 Å². The van der Waals surface area contributed by atoms with Crippen LogP contribution in [0.2, 0.25) is 0 Å². The maximum Gasteiger partial charge on any atom is 0.254 e. The quantitative estimate of drug-likeness (QED) is 0.639. The molecule has 1 aliphatic rings. The zero-order valence-corrected chi connectivity index (χ0v) is 14.9. The number of carbonyl (C=O) groups is 1. The van der Waals surface area contributed by atoms with Gasteiger partial charge in [-0.3, -0.25) is 4.79 Å². The summed E-state index contributed by atoms with van der Waals surface area (Å²) in [5.41, 5.74) is 7.18. The van der Waals surface area contributed by atoms with Gasteiger partial charge < -0.3 is 21.7 Å². The van der Waals surface area contributed by atoms with Crippen molar-refractivity contribution in [2.45, 2.75) is 37.6 Å². The van der Waals surface area contributed by atoms with Gasteiger partial charge in [0.15, 0.2) is 0 Å². The number of nitrogens with one attached hydrogen (secondary N) is 3. The topological polar surface area (TPSA) is 105 Å². The maximum atomic E-state index is 13.4. The van der Waals surface area contributed by atoms with Crippen molar-refractivity contribution in [2.24, 2.45) is 0 Å². The number of amides is 1. The molecule has 0 radical (unpaired) electrons. The first-order valence-electron chi connectivity index (χ1n) is 8.71. The number of halogens is 2. The number of rotatable bonds is 5. The molecular weight excluding hydrogens is 354 g/mol. The molecule has 144 valence electrons. The standard InChI is InChI=1S/C18H22F2N6O/c1-22-17(27)13-10-24-16(26-15-8-11(21)4-7-23-15)9-14(13)25-12-2-5-18(19,20)6-3-12/h4,7-10,12H,2-3,5-6H2,1H3,(H,22,27)(H4,21,23,24,25,26). The molecule has 1 saturated carbocycles. The minimum absolute atomic E-state index is 0.131. The predicted molar refractivity (Wildman–Crippen MR) is 100 cm³/mol. The minimum Gasteiger partial charge on any atom is -0.399 e. The van der Waals surface area contributed by atoms with Gasteiger partial charge in [-0.15, -0.1) is 0 Å². The lowest BCUT2D eigenvalue weighted by Gasteiger charge is -2.30. The summed E-state index contributed by atoms with van der Waals surface area (Å²) in [5, 5.41) is 8.81. The normalized spacial score (nSPS) is 16.6. The Hall–Kier alpha value is -2.97. The number of anilines is 4. The highest BCUT2D eigenvalue weighted by Crippen LogP contribution is 2.35. The number of hydrogen-bond donors (Lipinski definition) is 4. The fourth-order valence-corrected chi connectivity index (χ4v) is 3.01. The van der Waals surface area contributed by atoms with Crippen molar-refractivity contribution < 1.29 is 13.6 Å². The van der Waals surface area contributed by atoms with E-state index in [2.05, 4.69) is 25.9 Å². The second-order valence-electron chi connectivity index (χ2n) is 6.57. The van der Waals surface area contributed by atoms with Crippen LogP contribution in [0.25, 0.3) is 0 Å². The molecule has 0 bridgehead atoms. The third-order valence-electron chi connectivity index (χ3n) is 4.49. The molecule has 1 aliphatic carbocycles. The summed E-state index contributed by atoms with van der Waals surface area (Å²) in [6.07, 6.45) is 3.35. The van der Waals surface area contributed by atoms with Gasteiger partial charge in [0.25, 0.3) is 5.91 Å². The van der Waals surface area contributed by atoms with Gasteiger partial charge in [0.05, 0.1) is 11.3 Å². The van der Waals surface area contributed by atoms with Crippen molar-refractivity contribution in [1.29, 1.82) is 0 Å². The van der Waals surface area contributed by atoms with E-state index >= 15 is 0 Å². The van der Waals surface area contributed by atoms with Crippen LogP contribution in [0.5, 0.6) is 0 Å². The molecule has 2 aromatic heterocycles. The SMILES string of the molecule is CNC(=O)c1cnc(Nc2cc(N)ccn2)cc1NC1CCC(F)(F)CC1. The van der Waals surface area contributed by atoms with Crippen LogP contribution in [-0.2, 0) is 0 Å². The maximum absolute atomic E-state index is 13.4. The lowest BCUT2D eigenvalue weighted by atomic mass is 9.92. The average molecular weight is 376 g/mol. The van der Waals surface area contributed by atoms with E-state index in [4.69, 9.17) is 5.73 Å². The molecule has 1 amide bonds. The molecule has 0 atom stereocenters. The van der Waals surface area contributed by atoms with E-state index in [9.17, 15) is 13.6 Å². The lowest BCUT2D eigenvalue weighted by molar-refractivity contribution is -0.0361. The molecule has 27 heavy (non-hydrogen) atoms. The van der Waals surface area contributed by atoms with Crippen LogP contribution in [0.3, 0.4) is 0 Å². The molecule has 7 nitrogen and oxygen atoms in total. The number of alkyl halides is 2. The molecule has 0 saturated heterocycles. The van der Waals surface area contributed by atoms with Gasteiger partial charge in [0.1, 0.15) is 11.6 Å². The second kappa shape index (κ2) is 7.73. The summed E-state index contributed by atoms with van der Waals surface area (Å²) in [7, 11) is 1.52. The monoisotopic (exact) mass is 376 g/mol. The van der Waals surface area contributed by atoms with Gasteiger partial charge in [-0.1, -0.05) is 0 Å². The first-order chi connectivity index (χ1) is 12.9. The van der Waals surface area contributed by atoms with Gasteiger partial charge in [0, 0.05) is 56.1 Å². The Labute approximate surface area is 155 Å². The second-order valence-corrected chi connectivity index (χ2v) is 6.57. The van der Waals surface area contributed by atoms with E-state index in [0.717, 1.165) is 0 Å². The molecule has 0 aliphatic heterocycles. The zero-order valence-electron chi connectivity index (χ0n) is 14.9. The number of nitrogen functional groups attached to an aromatic ring is 1. The first kappa shape index (κ1) is 18.8. The predicted octanol–water partition coefficient (Wildman–Crippen LogP) is 3.15. The number of carbonyl (C=O) groups excluding carboxylic acids is 1. The molecule has 0 aromatic carbocycles. The molecule has 2 aromatic rings. The van der Waals surface area contributed by atoms with Gasteiger partial charge in [0.2, 0.25) is 5.92 Å². The van der Waals surface area contributed by atoms with Crippen LogP contribution in [-0.4, -0.2) is 34.9 Å². The summed E-state index contributed by atoms with van der Waals surface area (Å²) < 4.78 is 26.8. The number of aromatic nitrogens is 2. The highest BCUT2D eigenvalue weighted by atomic mass is 19.3. The Bertz CT molecular complexity index is 819. The van der Waals surface area contributed by atoms with Crippen molar-refractivity contribution in [3.63, 3.8) is 0 Å². The van der Waals surface area contributed by atoms with Crippen LogP contribution in [0.1, 0.15) is 36.0 Å². The Morgan fingerprint density at radius 3 is 2.59 bits per heavy atom. The highest BCUT2D eigenvalue weighted by molar-refractivity contribution is 5.99. The van der Waals surface area contributed by atoms with Crippen LogP contribution >= 0.6 is 0 Å². The summed E-state index contributed by atoms with van der Waals surface area (Å²) in [4.78, 5) is 20.5. The third kappa shape index (κ3) is 4.81. The van der Waals surface area contributed by atoms with E-state index in [1.165, 1.54) is 13.2 Å². The molecule has 3 rings (SSSR count). The van der Waals surface area contributed by atoms with Crippen molar-refractivity contribution in [2.75, 3.05) is 23.4 Å². The average Bonchev–Trinajstić information content (AvgIpc) is 2.63. The Balaban J connectivity index is 1.81. The van der Waals surface area contributed by atoms with Crippen molar-refractivity contribution >= 4 is 28.9 Å². The lowest BCUT2D eigenvalue weighted by Crippen LogP contribution is -2.33. The number of nitrogens with two attached hydrogens (primary N) is 1. The van der Waals surface area contributed by atoms with E-state index in [1.54, 1.807) is 24.4 Å². The van der Waals surface area contributed by atoms with Crippen LogP contribution in [0.15, 0.2) is 30.6 Å². The molecule has 2 heterocycles. The first-order valence-corrected chi connectivity index (χ1v) is 8.71. The fourth-order valence-electron chi connectivity index (χ4n) is 3.01. The fraction of sp³-hybridized carbons (Fsp3) is 0.389. The highest BCUT2D eigenvalue weighted by Gasteiger charge is 2.35. The Morgan fingerprint density at radius 2 is 1.93 bits per heavy atom. The van der Waals surface area contributed by atoms with E-state index < -0.39 is 5.92 Å². The zero-order chi connectivity index (χ0) is 19.4. The van der Waals surface area contributed by atoms with E-state index in [0.29, 0.717) is 41.4 Å². The van der Waals surface area contributed by atoms with Crippen LogP contribution < -0.4 is 21.7 Å². The number of nitrogens with zero attached hydrogens (tertiary/aromatic N) is 2. The Morgan fingerprint density at radius 1 is 1.22 bits per heavy atom. The number of pyridine rings is 2. The van der Waals surface area contributed by atoms with Gasteiger partial charge >= 0.3 is 0 Å². The minimum atomic E-state index is -2.61. The van der Waals surface area contributed by atoms with Crippen LogP contribution in [0.4, 0.5) is 31.8 Å². The molecule has 9 heteroatoms. The molecule has 0 unspecified atom stereocenters. The molecule has 1 fully saturated rings. The third-order valence-corrected chi connectivity index (χ3v) is 4.49. The van der Waals surface area contributed by atoms with Gasteiger partial charge in [-0.25, -0.2) is 18.7 Å². The largest absolute Gasteiger partial charge is 0.399 e. The molecule has 0 spiro atoms. The van der Waals surface area contributed by atoms with Gasteiger partial charge in [-0.05, 0) is 18.9 Å². The van der Waals surface area contributed by atoms with Crippen molar-refractivity contribution in [3.8, 4) is 0 Å². The smallest absolute Gasteiger partial charge is 0.254 e. The summed E-state index contributed by atoms with van der Waals surface area (Å²) in [6, 6.07) is 4.86. The van der Waals surface area contributed by atoms with E-state index in [-0.39, 0.29) is 24.8 Å². The van der Waals surface area contributed by atoms with Crippen molar-refractivity contribution in [1.82, 2.24) is 15.3 Å². The summed E-state index contributed by atoms with van der Waals surface area (Å²) in [6.45, 7) is 0. The van der Waals surface area contributed by atoms with Crippen LogP contribution in [0, 0.1) is 0 Å². The summed E-state index contributed by atoms with van der Waals surface area (Å²) in [5.74, 6) is -1.94. The number of hydrogen-bond acceptors (Lipinski definition) is 6. The van der Waals surface area contributed by atoms with Gasteiger partial charge in [-0.2, -0.15) is 0 Å². The molecular formula is C18H22F2N6O.